The van der Waals surface area contributed by atoms with Crippen molar-refractivity contribution in [2.24, 2.45) is 0 Å². The molecule has 4 atom stereocenters. The first-order valence-corrected chi connectivity index (χ1v) is 18.8. The molecule has 288 valence electrons. The molecule has 1 amide bonds. The fourth-order valence-electron chi connectivity index (χ4n) is 6.28. The molecule has 14 heteroatoms. The molecule has 4 unspecified atom stereocenters. The van der Waals surface area contributed by atoms with Crippen molar-refractivity contribution in [1.82, 2.24) is 9.88 Å². The predicted molar refractivity (Wildman–Crippen MR) is 198 cm³/mol. The zero-order chi connectivity index (χ0) is 38.1. The summed E-state index contributed by atoms with van der Waals surface area (Å²) in [6.07, 6.45) is 2.09. The number of carboxylic acid groups (broad SMARTS) is 1. The van der Waals surface area contributed by atoms with Crippen LogP contribution in [-0.4, -0.2) is 103 Å². The Labute approximate surface area is 318 Å². The Morgan fingerprint density at radius 2 is 1.60 bits per heavy atom. The molecular weight excluding hydrogens is 727 g/mol. The monoisotopic (exact) mass is 774 g/mol. The highest BCUT2D eigenvalue weighted by Crippen LogP contribution is 2.53. The molecule has 0 spiro atoms. The minimum atomic E-state index is -1.84. The Kier molecular flexibility index (Phi) is 14.5. The first-order valence-electron chi connectivity index (χ1n) is 18.1. The SMILES string of the molecule is O=C(O)CCCC(=O)N(CCCCc1cc(Cl)c(COC2(c3cnccc3-c3ccccc3OC3CC3)CC2)cc1Cl)CC(O)C(O)C(O)C(O)CO. The number of aliphatic hydroxyl groups is 5. The highest BCUT2D eigenvalue weighted by atomic mass is 35.5. The Morgan fingerprint density at radius 3 is 2.30 bits per heavy atom. The summed E-state index contributed by atoms with van der Waals surface area (Å²) in [5, 5.41) is 59.5. The summed E-state index contributed by atoms with van der Waals surface area (Å²) >= 11 is 13.5. The molecule has 2 aliphatic rings. The van der Waals surface area contributed by atoms with Crippen molar-refractivity contribution in [1.29, 1.82) is 0 Å². The number of aliphatic hydroxyl groups excluding tert-OH is 5. The normalized spacial score (nSPS) is 17.1. The Morgan fingerprint density at radius 1 is 0.906 bits per heavy atom. The number of aryl methyl sites for hydroxylation is 1. The van der Waals surface area contributed by atoms with Crippen LogP contribution in [0.3, 0.4) is 0 Å². The Balaban J connectivity index is 1.18. The first kappa shape index (κ1) is 40.8. The number of benzene rings is 2. The van der Waals surface area contributed by atoms with Crippen LogP contribution in [0.4, 0.5) is 0 Å². The average Bonchev–Trinajstić information content (AvgIpc) is 4.10. The van der Waals surface area contributed by atoms with Gasteiger partial charge in [-0.2, -0.15) is 0 Å². The van der Waals surface area contributed by atoms with Crippen molar-refractivity contribution < 1.29 is 49.7 Å². The van der Waals surface area contributed by atoms with E-state index in [2.05, 4.69) is 11.1 Å². The van der Waals surface area contributed by atoms with E-state index in [1.54, 1.807) is 12.3 Å². The van der Waals surface area contributed by atoms with E-state index >= 15 is 0 Å². The van der Waals surface area contributed by atoms with Crippen molar-refractivity contribution in [3.05, 3.63) is 81.6 Å². The van der Waals surface area contributed by atoms with E-state index in [9.17, 15) is 30.0 Å². The maximum atomic E-state index is 12.9. The number of amides is 1. The number of hydrogen-bond acceptors (Lipinski definition) is 10. The highest BCUT2D eigenvalue weighted by molar-refractivity contribution is 6.34. The van der Waals surface area contributed by atoms with E-state index < -0.39 is 48.5 Å². The van der Waals surface area contributed by atoms with Crippen LogP contribution in [-0.2, 0) is 33.0 Å². The predicted octanol–water partition coefficient (Wildman–Crippen LogP) is 4.64. The van der Waals surface area contributed by atoms with Crippen LogP contribution >= 0.6 is 23.2 Å². The standard InChI is InChI=1S/C39H48Cl2N2O10/c40-30-19-25(23-52-39(14-15-39)29-20-42-16-13-27(29)28-7-1-2-8-34(28)53-26-11-12-26)31(41)18-24(30)6-3-4-17-43(35(47)9-5-10-36(48)49)21-32(45)37(50)38(51)33(46)22-44/h1-2,7-8,13,16,18-20,26,32-33,37-38,44-46,50-51H,3-6,9-12,14-15,17,21-23H2,(H,48,49). The molecule has 5 rings (SSSR count). The van der Waals surface area contributed by atoms with Crippen LogP contribution in [0.5, 0.6) is 5.75 Å². The van der Waals surface area contributed by atoms with Crippen LogP contribution in [0.2, 0.25) is 10.0 Å². The number of hydrogen-bond donors (Lipinski definition) is 6. The van der Waals surface area contributed by atoms with E-state index in [4.69, 9.17) is 42.9 Å². The molecule has 2 fully saturated rings. The summed E-state index contributed by atoms with van der Waals surface area (Å²) in [7, 11) is 0. The number of rotatable bonds is 22. The second kappa shape index (κ2) is 18.8. The van der Waals surface area contributed by atoms with E-state index in [0.717, 1.165) is 59.3 Å². The van der Waals surface area contributed by atoms with Gasteiger partial charge >= 0.3 is 5.97 Å². The molecule has 53 heavy (non-hydrogen) atoms. The van der Waals surface area contributed by atoms with Crippen LogP contribution in [0.15, 0.2) is 54.9 Å². The molecule has 3 aromatic rings. The quantitative estimate of drug-likeness (QED) is 0.0780. The maximum absolute atomic E-state index is 12.9. The van der Waals surface area contributed by atoms with Crippen molar-refractivity contribution in [2.75, 3.05) is 19.7 Å². The van der Waals surface area contributed by atoms with Gasteiger partial charge in [-0.05, 0) is 92.3 Å². The van der Waals surface area contributed by atoms with Gasteiger partial charge in [-0.25, -0.2) is 0 Å². The van der Waals surface area contributed by atoms with Crippen molar-refractivity contribution >= 4 is 35.1 Å². The van der Waals surface area contributed by atoms with Crippen molar-refractivity contribution in [3.63, 3.8) is 0 Å². The molecule has 6 N–H and O–H groups in total. The highest BCUT2D eigenvalue weighted by Gasteiger charge is 2.48. The van der Waals surface area contributed by atoms with Crippen LogP contribution in [0.25, 0.3) is 11.1 Å². The molecule has 0 radical (unpaired) electrons. The summed E-state index contributed by atoms with van der Waals surface area (Å²) in [5.41, 5.74) is 4.07. The van der Waals surface area contributed by atoms with Gasteiger partial charge in [0.15, 0.2) is 0 Å². The second-order valence-electron chi connectivity index (χ2n) is 13.9. The number of carbonyl (C=O) groups excluding carboxylic acids is 1. The first-order chi connectivity index (χ1) is 25.4. The topological polar surface area (TPSA) is 190 Å². The lowest BCUT2D eigenvalue weighted by Crippen LogP contribution is -2.50. The maximum Gasteiger partial charge on any atom is 0.303 e. The summed E-state index contributed by atoms with van der Waals surface area (Å²) in [6.45, 7) is -0.791. The Hall–Kier alpha value is -3.33. The second-order valence-corrected chi connectivity index (χ2v) is 14.7. The third-order valence-corrected chi connectivity index (χ3v) is 10.4. The number of nitrogens with zero attached hydrogens (tertiary/aromatic N) is 2. The minimum absolute atomic E-state index is 0.0899. The smallest absolute Gasteiger partial charge is 0.303 e. The van der Waals surface area contributed by atoms with Gasteiger partial charge < -0.3 is 45.0 Å². The van der Waals surface area contributed by atoms with Gasteiger partial charge in [-0.3, -0.25) is 14.6 Å². The fourth-order valence-corrected chi connectivity index (χ4v) is 6.81. The summed E-state index contributed by atoms with van der Waals surface area (Å²) in [5.74, 6) is -0.618. The lowest BCUT2D eigenvalue weighted by Gasteiger charge is -2.30. The van der Waals surface area contributed by atoms with E-state index in [-0.39, 0.29) is 45.1 Å². The number of ether oxygens (including phenoxy) is 2. The Bertz CT molecular complexity index is 1700. The van der Waals surface area contributed by atoms with Gasteiger partial charge in [0.25, 0.3) is 0 Å². The zero-order valence-corrected chi connectivity index (χ0v) is 31.0. The molecule has 1 heterocycles. The number of unbranched alkanes of at least 4 members (excludes halogenated alkanes) is 1. The number of para-hydroxylation sites is 1. The fraction of sp³-hybridized carbons (Fsp3) is 0.513. The van der Waals surface area contributed by atoms with E-state index in [1.807, 2.05) is 36.5 Å². The summed E-state index contributed by atoms with van der Waals surface area (Å²) < 4.78 is 12.8. The lowest BCUT2D eigenvalue weighted by molar-refractivity contribution is -0.140. The summed E-state index contributed by atoms with van der Waals surface area (Å²) in [4.78, 5) is 29.6. The molecule has 2 saturated carbocycles. The number of carbonyl (C=O) groups is 2. The number of pyridine rings is 1. The molecule has 0 saturated heterocycles. The number of halogens is 2. The minimum Gasteiger partial charge on any atom is -0.490 e. The lowest BCUT2D eigenvalue weighted by atomic mass is 9.96. The molecule has 0 aliphatic heterocycles. The van der Waals surface area contributed by atoms with Crippen LogP contribution in [0.1, 0.15) is 74.5 Å². The number of aliphatic carboxylic acids is 1. The van der Waals surface area contributed by atoms with Crippen LogP contribution < -0.4 is 4.74 Å². The molecular formula is C39H48Cl2N2O10. The molecule has 2 aliphatic carbocycles. The molecule has 1 aromatic heterocycles. The third-order valence-electron chi connectivity index (χ3n) is 9.72. The number of carboxylic acids is 1. The van der Waals surface area contributed by atoms with Crippen LogP contribution in [0, 0.1) is 0 Å². The van der Waals surface area contributed by atoms with Gasteiger partial charge in [-0.15, -0.1) is 0 Å². The van der Waals surface area contributed by atoms with Gasteiger partial charge in [0.1, 0.15) is 30.2 Å². The largest absolute Gasteiger partial charge is 0.490 e. The van der Waals surface area contributed by atoms with Crippen molar-refractivity contribution in [3.8, 4) is 16.9 Å². The number of aromatic nitrogens is 1. The van der Waals surface area contributed by atoms with Gasteiger partial charge in [-0.1, -0.05) is 41.4 Å². The van der Waals surface area contributed by atoms with E-state index in [1.165, 1.54) is 4.90 Å². The molecule has 2 aromatic carbocycles. The average molecular weight is 776 g/mol. The van der Waals surface area contributed by atoms with Gasteiger partial charge in [0.2, 0.25) is 5.91 Å². The summed E-state index contributed by atoms with van der Waals surface area (Å²) in [6, 6.07) is 13.7. The molecule has 0 bridgehead atoms. The van der Waals surface area contributed by atoms with Gasteiger partial charge in [0.05, 0.1) is 24.9 Å². The zero-order valence-electron chi connectivity index (χ0n) is 29.4. The van der Waals surface area contributed by atoms with Gasteiger partial charge in [0, 0.05) is 59.5 Å². The van der Waals surface area contributed by atoms with E-state index in [0.29, 0.717) is 29.3 Å². The van der Waals surface area contributed by atoms with Crippen molar-refractivity contribution in [2.45, 2.75) is 107 Å². The molecule has 12 nitrogen and oxygen atoms in total. The third kappa shape index (κ3) is 11.1.